The van der Waals surface area contributed by atoms with Gasteiger partial charge < -0.3 is 14.0 Å². The van der Waals surface area contributed by atoms with E-state index in [-0.39, 0.29) is 5.41 Å². The van der Waals surface area contributed by atoms with E-state index in [1.807, 2.05) is 11.3 Å². The highest BCUT2D eigenvalue weighted by atomic mass is 32.1. The fourth-order valence-corrected chi connectivity index (χ4v) is 5.13. The summed E-state index contributed by atoms with van der Waals surface area (Å²) in [4.78, 5) is 7.40. The Morgan fingerprint density at radius 3 is 2.76 bits per heavy atom. The fraction of sp³-hybridized carbons (Fsp3) is 0.684. The quantitative estimate of drug-likeness (QED) is 0.818. The van der Waals surface area contributed by atoms with E-state index >= 15 is 0 Å². The number of aryl methyl sites for hydroxylation is 2. The van der Waals surface area contributed by atoms with Gasteiger partial charge in [0.25, 0.3) is 5.89 Å². The smallest absolute Gasteiger partial charge is 0.268 e. The van der Waals surface area contributed by atoms with Gasteiger partial charge in [-0.1, -0.05) is 18.0 Å². The van der Waals surface area contributed by atoms with E-state index in [9.17, 15) is 0 Å². The zero-order chi connectivity index (χ0) is 17.1. The Labute approximate surface area is 152 Å². The number of aromatic nitrogens is 2. The molecule has 2 aromatic heterocycles. The molecule has 2 aliphatic rings. The number of ether oxygens (including phenoxy) is 2. The lowest BCUT2D eigenvalue weighted by Crippen LogP contribution is -2.39. The first-order chi connectivity index (χ1) is 12.3. The third-order valence-corrected chi connectivity index (χ3v) is 6.70. The standard InChI is InChI=1S/C19H26N2O3S/c1-22-13-19(8-10-23-11-9-19)18-20-17(24-21-18)16-12-14-6-4-2-3-5-7-15(14)25-16/h12H,2-11,13H2,1H3. The number of fused-ring (bicyclic) bond motifs is 1. The van der Waals surface area contributed by atoms with Gasteiger partial charge in [0.15, 0.2) is 5.82 Å². The maximum Gasteiger partial charge on any atom is 0.268 e. The minimum atomic E-state index is -0.180. The minimum Gasteiger partial charge on any atom is -0.384 e. The lowest BCUT2D eigenvalue weighted by atomic mass is 9.80. The van der Waals surface area contributed by atoms with Crippen LogP contribution in [0.1, 0.15) is 54.8 Å². The molecule has 5 nitrogen and oxygen atoms in total. The molecular weight excluding hydrogens is 336 g/mol. The van der Waals surface area contributed by atoms with Gasteiger partial charge >= 0.3 is 0 Å². The SMILES string of the molecule is COCC1(c2noc(-c3cc4c(s3)CCCCCC4)n2)CCOCC1. The second kappa shape index (κ2) is 7.56. The Balaban J connectivity index is 1.61. The summed E-state index contributed by atoms with van der Waals surface area (Å²) in [5, 5.41) is 4.34. The highest BCUT2D eigenvalue weighted by molar-refractivity contribution is 7.15. The van der Waals surface area contributed by atoms with Crippen molar-refractivity contribution in [1.29, 1.82) is 0 Å². The summed E-state index contributed by atoms with van der Waals surface area (Å²) in [6, 6.07) is 2.27. The molecule has 0 N–H and O–H groups in total. The van der Waals surface area contributed by atoms with Crippen LogP contribution in [0, 0.1) is 0 Å². The molecule has 1 aliphatic carbocycles. The van der Waals surface area contributed by atoms with E-state index in [0.29, 0.717) is 12.5 Å². The van der Waals surface area contributed by atoms with Crippen molar-refractivity contribution in [2.75, 3.05) is 26.9 Å². The summed E-state index contributed by atoms with van der Waals surface area (Å²) in [6.45, 7) is 2.05. The highest BCUT2D eigenvalue weighted by Crippen LogP contribution is 2.37. The largest absolute Gasteiger partial charge is 0.384 e. The van der Waals surface area contributed by atoms with E-state index in [1.54, 1.807) is 7.11 Å². The van der Waals surface area contributed by atoms with E-state index in [1.165, 1.54) is 49.0 Å². The van der Waals surface area contributed by atoms with Crippen LogP contribution in [0.15, 0.2) is 10.6 Å². The van der Waals surface area contributed by atoms with Crippen LogP contribution in [-0.2, 0) is 27.7 Å². The molecule has 6 heteroatoms. The molecule has 1 fully saturated rings. The van der Waals surface area contributed by atoms with Crippen molar-refractivity contribution in [3.63, 3.8) is 0 Å². The predicted molar refractivity (Wildman–Crippen MR) is 97.1 cm³/mol. The zero-order valence-corrected chi connectivity index (χ0v) is 15.7. The summed E-state index contributed by atoms with van der Waals surface area (Å²) < 4.78 is 16.7. The second-order valence-corrected chi connectivity index (χ2v) is 8.36. The van der Waals surface area contributed by atoms with Crippen LogP contribution in [-0.4, -0.2) is 37.1 Å². The van der Waals surface area contributed by atoms with Crippen molar-refractivity contribution in [3.05, 3.63) is 22.3 Å². The first-order valence-electron chi connectivity index (χ1n) is 9.34. The lowest BCUT2D eigenvalue weighted by molar-refractivity contribution is 0.00915. The highest BCUT2D eigenvalue weighted by Gasteiger charge is 2.39. The molecule has 0 spiro atoms. The third-order valence-electron chi connectivity index (χ3n) is 5.48. The zero-order valence-electron chi connectivity index (χ0n) is 14.9. The molecule has 0 aromatic carbocycles. The molecule has 136 valence electrons. The van der Waals surface area contributed by atoms with Crippen molar-refractivity contribution < 1.29 is 14.0 Å². The van der Waals surface area contributed by atoms with Crippen molar-refractivity contribution in [3.8, 4) is 10.8 Å². The molecule has 0 unspecified atom stereocenters. The normalized spacial score (nSPS) is 20.7. The predicted octanol–water partition coefficient (Wildman–Crippen LogP) is 4.15. The molecule has 3 heterocycles. The van der Waals surface area contributed by atoms with E-state index in [0.717, 1.165) is 36.8 Å². The summed E-state index contributed by atoms with van der Waals surface area (Å²) in [7, 11) is 1.73. The molecule has 4 rings (SSSR count). The van der Waals surface area contributed by atoms with Crippen LogP contribution < -0.4 is 0 Å². The van der Waals surface area contributed by atoms with Crippen LogP contribution >= 0.6 is 11.3 Å². The third kappa shape index (κ3) is 3.52. The minimum absolute atomic E-state index is 0.180. The van der Waals surface area contributed by atoms with Gasteiger partial charge in [0.1, 0.15) is 0 Å². The van der Waals surface area contributed by atoms with Gasteiger partial charge in [-0.3, -0.25) is 0 Å². The maximum absolute atomic E-state index is 5.67. The van der Waals surface area contributed by atoms with E-state index in [2.05, 4.69) is 11.2 Å². The Hall–Kier alpha value is -1.24. The first kappa shape index (κ1) is 17.2. The molecule has 0 atom stereocenters. The monoisotopic (exact) mass is 362 g/mol. The molecule has 0 saturated carbocycles. The molecular formula is C19H26N2O3S. The summed E-state index contributed by atoms with van der Waals surface area (Å²) in [5.41, 5.74) is 1.30. The summed E-state index contributed by atoms with van der Waals surface area (Å²) in [6.07, 6.45) is 9.38. The van der Waals surface area contributed by atoms with Crippen LogP contribution in [0.2, 0.25) is 0 Å². The van der Waals surface area contributed by atoms with E-state index < -0.39 is 0 Å². The average molecular weight is 362 g/mol. The Bertz CT molecular complexity index is 672. The van der Waals surface area contributed by atoms with Crippen LogP contribution in [0.4, 0.5) is 0 Å². The van der Waals surface area contributed by atoms with Crippen molar-refractivity contribution in [1.82, 2.24) is 10.1 Å². The van der Waals surface area contributed by atoms with Gasteiger partial charge in [-0.15, -0.1) is 11.3 Å². The molecule has 1 saturated heterocycles. The van der Waals surface area contributed by atoms with Gasteiger partial charge in [-0.05, 0) is 50.2 Å². The van der Waals surface area contributed by atoms with Crippen molar-refractivity contribution in [2.24, 2.45) is 0 Å². The van der Waals surface area contributed by atoms with Gasteiger partial charge in [0.2, 0.25) is 0 Å². The van der Waals surface area contributed by atoms with Crippen LogP contribution in [0.3, 0.4) is 0 Å². The number of rotatable bonds is 4. The summed E-state index contributed by atoms with van der Waals surface area (Å²) in [5.74, 6) is 1.43. The molecule has 1 aliphatic heterocycles. The second-order valence-electron chi connectivity index (χ2n) is 7.22. The van der Waals surface area contributed by atoms with Crippen LogP contribution in [0.25, 0.3) is 10.8 Å². The van der Waals surface area contributed by atoms with Crippen molar-refractivity contribution in [2.45, 2.75) is 56.8 Å². The molecule has 2 aromatic rings. The lowest BCUT2D eigenvalue weighted by Gasteiger charge is -2.33. The van der Waals surface area contributed by atoms with Gasteiger partial charge in [-0.2, -0.15) is 4.98 Å². The number of hydrogen-bond donors (Lipinski definition) is 0. The van der Waals surface area contributed by atoms with Gasteiger partial charge in [0.05, 0.1) is 16.9 Å². The Morgan fingerprint density at radius 2 is 1.96 bits per heavy atom. The average Bonchev–Trinajstić information content (AvgIpc) is 3.23. The molecule has 0 radical (unpaired) electrons. The number of nitrogens with zero attached hydrogens (tertiary/aromatic N) is 2. The fourth-order valence-electron chi connectivity index (χ4n) is 3.96. The summed E-state index contributed by atoms with van der Waals surface area (Å²) >= 11 is 1.83. The Kier molecular flexibility index (Phi) is 5.20. The molecule has 0 amide bonds. The number of thiophene rings is 1. The number of hydrogen-bond acceptors (Lipinski definition) is 6. The Morgan fingerprint density at radius 1 is 1.16 bits per heavy atom. The molecule has 25 heavy (non-hydrogen) atoms. The molecule has 0 bridgehead atoms. The van der Waals surface area contributed by atoms with Crippen molar-refractivity contribution >= 4 is 11.3 Å². The van der Waals surface area contributed by atoms with Gasteiger partial charge in [-0.25, -0.2) is 0 Å². The maximum atomic E-state index is 5.67. The van der Waals surface area contributed by atoms with Gasteiger partial charge in [0, 0.05) is 25.2 Å². The van der Waals surface area contributed by atoms with Crippen LogP contribution in [0.5, 0.6) is 0 Å². The van der Waals surface area contributed by atoms with E-state index in [4.69, 9.17) is 19.0 Å². The number of methoxy groups -OCH3 is 1. The first-order valence-corrected chi connectivity index (χ1v) is 10.2. The topological polar surface area (TPSA) is 57.4 Å².